The first-order valence-electron chi connectivity index (χ1n) is 5.34. The van der Waals surface area contributed by atoms with Crippen LogP contribution in [-0.4, -0.2) is 35.1 Å². The summed E-state index contributed by atoms with van der Waals surface area (Å²) in [6.45, 7) is 0. The zero-order valence-electron chi connectivity index (χ0n) is 7.48. The quantitative estimate of drug-likeness (QED) is 0.553. The van der Waals surface area contributed by atoms with Gasteiger partial charge in [-0.15, -0.1) is 0 Å². The average Bonchev–Trinajstić information content (AvgIpc) is 2.95. The maximum atomic E-state index is 10.1. The fraction of sp³-hybridized carbons (Fsp3) is 1.00. The number of aliphatic hydroxyl groups excluding tert-OH is 1. The molecule has 0 bridgehead atoms. The molecule has 1 N–H and O–H groups in total. The van der Waals surface area contributed by atoms with Gasteiger partial charge in [0.15, 0.2) is 0 Å². The van der Waals surface area contributed by atoms with Crippen LogP contribution in [0.1, 0.15) is 25.7 Å². The predicted molar refractivity (Wildman–Crippen MR) is 44.2 cm³/mol. The average molecular weight is 182 g/mol. The van der Waals surface area contributed by atoms with Crippen molar-refractivity contribution in [1.82, 2.24) is 0 Å². The molecule has 0 amide bonds. The molecular weight excluding hydrogens is 168 g/mol. The van der Waals surface area contributed by atoms with Crippen molar-refractivity contribution in [3.63, 3.8) is 0 Å². The van der Waals surface area contributed by atoms with E-state index in [1.165, 1.54) is 12.8 Å². The van der Waals surface area contributed by atoms with Gasteiger partial charge < -0.3 is 14.6 Å². The zero-order valence-corrected chi connectivity index (χ0v) is 7.48. The van der Waals surface area contributed by atoms with Crippen LogP contribution in [-0.2, 0) is 9.47 Å². The van der Waals surface area contributed by atoms with Crippen molar-refractivity contribution in [2.45, 2.75) is 55.7 Å². The molecule has 4 fully saturated rings. The molecular formula is C10H14O3. The molecule has 2 heterocycles. The summed E-state index contributed by atoms with van der Waals surface area (Å²) in [6.07, 6.45) is 5.24. The largest absolute Gasteiger partial charge is 0.387 e. The molecule has 3 heteroatoms. The van der Waals surface area contributed by atoms with Crippen molar-refractivity contribution in [3.05, 3.63) is 0 Å². The van der Waals surface area contributed by atoms with E-state index in [9.17, 15) is 5.11 Å². The Morgan fingerprint density at radius 1 is 1.31 bits per heavy atom. The SMILES string of the molecule is OC1C2OC2CC2CCCC3OC231. The van der Waals surface area contributed by atoms with Crippen LogP contribution in [0.5, 0.6) is 0 Å². The molecule has 2 aliphatic heterocycles. The molecule has 1 spiro atoms. The number of fused-ring (bicyclic) bond motifs is 1. The zero-order chi connectivity index (χ0) is 8.63. The van der Waals surface area contributed by atoms with Gasteiger partial charge in [-0.2, -0.15) is 0 Å². The van der Waals surface area contributed by atoms with E-state index < -0.39 is 0 Å². The number of rotatable bonds is 0. The molecule has 2 saturated carbocycles. The summed E-state index contributed by atoms with van der Waals surface area (Å²) in [7, 11) is 0. The third-order valence-electron chi connectivity index (χ3n) is 4.36. The highest BCUT2D eigenvalue weighted by Crippen LogP contribution is 2.61. The Labute approximate surface area is 77.0 Å². The monoisotopic (exact) mass is 182 g/mol. The van der Waals surface area contributed by atoms with Crippen molar-refractivity contribution in [1.29, 1.82) is 0 Å². The first-order valence-corrected chi connectivity index (χ1v) is 5.34. The number of hydrogen-bond acceptors (Lipinski definition) is 3. The summed E-state index contributed by atoms with van der Waals surface area (Å²) in [5.74, 6) is 0.574. The maximum Gasteiger partial charge on any atom is 0.126 e. The lowest BCUT2D eigenvalue weighted by Crippen LogP contribution is -2.49. The van der Waals surface area contributed by atoms with Gasteiger partial charge in [0.05, 0.1) is 12.2 Å². The topological polar surface area (TPSA) is 45.3 Å². The molecule has 2 saturated heterocycles. The van der Waals surface area contributed by atoms with E-state index in [0.717, 1.165) is 12.8 Å². The van der Waals surface area contributed by atoms with E-state index in [1.807, 2.05) is 0 Å². The number of aliphatic hydroxyl groups is 1. The van der Waals surface area contributed by atoms with Crippen molar-refractivity contribution in [2.75, 3.05) is 0 Å². The van der Waals surface area contributed by atoms with E-state index in [-0.39, 0.29) is 17.8 Å². The fourth-order valence-corrected chi connectivity index (χ4v) is 3.60. The molecule has 13 heavy (non-hydrogen) atoms. The normalized spacial score (nSPS) is 67.6. The van der Waals surface area contributed by atoms with Gasteiger partial charge in [-0.1, -0.05) is 6.42 Å². The maximum absolute atomic E-state index is 10.1. The molecule has 0 radical (unpaired) electrons. The minimum Gasteiger partial charge on any atom is -0.387 e. The summed E-state index contributed by atoms with van der Waals surface area (Å²) in [6, 6.07) is 0. The highest BCUT2D eigenvalue weighted by atomic mass is 16.7. The van der Waals surface area contributed by atoms with Gasteiger partial charge >= 0.3 is 0 Å². The third-order valence-corrected chi connectivity index (χ3v) is 4.36. The highest BCUT2D eigenvalue weighted by Gasteiger charge is 2.74. The Morgan fingerprint density at radius 2 is 2.23 bits per heavy atom. The standard InChI is InChI=1S/C10H14O3/c11-9-8-6(12-8)4-5-2-1-3-7-10(5,9)13-7/h5-9,11H,1-4H2. The summed E-state index contributed by atoms with van der Waals surface area (Å²) in [5.41, 5.74) is -0.157. The first-order chi connectivity index (χ1) is 6.32. The smallest absolute Gasteiger partial charge is 0.126 e. The van der Waals surface area contributed by atoms with Crippen molar-refractivity contribution < 1.29 is 14.6 Å². The third kappa shape index (κ3) is 0.694. The fourth-order valence-electron chi connectivity index (χ4n) is 3.60. The molecule has 0 aromatic carbocycles. The second-order valence-electron chi connectivity index (χ2n) is 4.91. The summed E-state index contributed by atoms with van der Waals surface area (Å²) in [4.78, 5) is 0. The van der Waals surface area contributed by atoms with Gasteiger partial charge in [-0.3, -0.25) is 0 Å². The van der Waals surface area contributed by atoms with Crippen LogP contribution in [0.25, 0.3) is 0 Å². The Kier molecular flexibility index (Phi) is 1.08. The lowest BCUT2D eigenvalue weighted by molar-refractivity contribution is 0.00710. The van der Waals surface area contributed by atoms with Gasteiger partial charge in [0.25, 0.3) is 0 Å². The lowest BCUT2D eigenvalue weighted by Gasteiger charge is -2.33. The minimum absolute atomic E-state index is 0.111. The first kappa shape index (κ1) is 7.21. The summed E-state index contributed by atoms with van der Waals surface area (Å²) >= 11 is 0. The molecule has 0 aromatic heterocycles. The Hall–Kier alpha value is -0.120. The van der Waals surface area contributed by atoms with Crippen LogP contribution in [0.15, 0.2) is 0 Å². The molecule has 4 rings (SSSR count). The van der Waals surface area contributed by atoms with Crippen LogP contribution in [0, 0.1) is 5.92 Å². The second-order valence-corrected chi connectivity index (χ2v) is 4.91. The summed E-state index contributed by atoms with van der Waals surface area (Å²) in [5, 5.41) is 10.1. The molecule has 6 atom stereocenters. The van der Waals surface area contributed by atoms with Gasteiger partial charge in [-0.25, -0.2) is 0 Å². The molecule has 2 aliphatic carbocycles. The number of hydrogen-bond donors (Lipinski definition) is 1. The Morgan fingerprint density at radius 3 is 3.15 bits per heavy atom. The van der Waals surface area contributed by atoms with E-state index in [0.29, 0.717) is 18.1 Å². The van der Waals surface area contributed by atoms with Gasteiger partial charge in [0, 0.05) is 0 Å². The molecule has 0 aromatic rings. The highest BCUT2D eigenvalue weighted by molar-refractivity contribution is 5.22. The van der Waals surface area contributed by atoms with Crippen LogP contribution < -0.4 is 0 Å². The van der Waals surface area contributed by atoms with Gasteiger partial charge in [-0.05, 0) is 25.2 Å². The van der Waals surface area contributed by atoms with E-state index >= 15 is 0 Å². The van der Waals surface area contributed by atoms with E-state index in [4.69, 9.17) is 9.47 Å². The van der Waals surface area contributed by atoms with Crippen LogP contribution >= 0.6 is 0 Å². The van der Waals surface area contributed by atoms with E-state index in [1.54, 1.807) is 0 Å². The van der Waals surface area contributed by atoms with Gasteiger partial charge in [0.2, 0.25) is 0 Å². The number of epoxide rings is 2. The molecule has 4 aliphatic rings. The van der Waals surface area contributed by atoms with Crippen molar-refractivity contribution >= 4 is 0 Å². The summed E-state index contributed by atoms with van der Waals surface area (Å²) < 4.78 is 11.2. The lowest BCUT2D eigenvalue weighted by atomic mass is 9.69. The van der Waals surface area contributed by atoms with Crippen LogP contribution in [0.3, 0.4) is 0 Å². The molecule has 6 unspecified atom stereocenters. The van der Waals surface area contributed by atoms with Crippen LogP contribution in [0.4, 0.5) is 0 Å². The predicted octanol–water partition coefficient (Wildman–Crippen LogP) is 0.456. The van der Waals surface area contributed by atoms with Gasteiger partial charge in [0.1, 0.15) is 17.8 Å². The Balaban J connectivity index is 1.73. The van der Waals surface area contributed by atoms with Crippen molar-refractivity contribution in [3.8, 4) is 0 Å². The minimum atomic E-state index is -0.332. The molecule has 3 nitrogen and oxygen atoms in total. The second kappa shape index (κ2) is 1.95. The number of ether oxygens (including phenoxy) is 2. The van der Waals surface area contributed by atoms with Crippen molar-refractivity contribution in [2.24, 2.45) is 5.92 Å². The Bertz CT molecular complexity index is 267. The molecule has 72 valence electrons. The van der Waals surface area contributed by atoms with Crippen LogP contribution in [0.2, 0.25) is 0 Å². The van der Waals surface area contributed by atoms with E-state index in [2.05, 4.69) is 0 Å².